The fourth-order valence-electron chi connectivity index (χ4n) is 3.35. The van der Waals surface area contributed by atoms with Crippen molar-refractivity contribution in [1.82, 2.24) is 20.6 Å². The summed E-state index contributed by atoms with van der Waals surface area (Å²) in [5, 5.41) is 24.8. The molecule has 1 amide bonds. The molecule has 1 heterocycles. The molecular weight excluding hydrogens is 422 g/mol. The number of nitrogens with one attached hydrogen (secondary N) is 2. The predicted molar refractivity (Wildman–Crippen MR) is 97.5 cm³/mol. The van der Waals surface area contributed by atoms with Gasteiger partial charge in [0.05, 0.1) is 16.5 Å². The van der Waals surface area contributed by atoms with Crippen LogP contribution in [-0.4, -0.2) is 37.6 Å². The molecule has 0 bridgehead atoms. The van der Waals surface area contributed by atoms with E-state index in [1.807, 2.05) is 0 Å². The van der Waals surface area contributed by atoms with Gasteiger partial charge in [-0.2, -0.15) is 13.2 Å². The number of tetrazole rings is 1. The predicted octanol–water partition coefficient (Wildman–Crippen LogP) is 3.39. The van der Waals surface area contributed by atoms with Crippen molar-refractivity contribution >= 4 is 17.6 Å². The minimum Gasteiger partial charge on any atom is -0.478 e. The van der Waals surface area contributed by atoms with Gasteiger partial charge in [-0.25, -0.2) is 14.3 Å². The summed E-state index contributed by atoms with van der Waals surface area (Å²) in [5.41, 5.74) is -2.38. The van der Waals surface area contributed by atoms with Crippen LogP contribution in [0.15, 0.2) is 36.4 Å². The minimum absolute atomic E-state index is 0.0587. The Bertz CT molecular complexity index is 1170. The maximum atomic E-state index is 14.4. The highest BCUT2D eigenvalue weighted by molar-refractivity contribution is 6.03. The first-order valence-electron chi connectivity index (χ1n) is 8.92. The monoisotopic (exact) mass is 435 g/mol. The molecule has 1 fully saturated rings. The van der Waals surface area contributed by atoms with E-state index in [0.717, 1.165) is 12.1 Å². The number of carboxylic acids is 1. The second-order valence-electron chi connectivity index (χ2n) is 7.04. The Balaban J connectivity index is 1.63. The topological polar surface area (TPSA) is 121 Å². The second-order valence-corrected chi connectivity index (χ2v) is 7.04. The van der Waals surface area contributed by atoms with E-state index >= 15 is 0 Å². The Morgan fingerprint density at radius 3 is 2.42 bits per heavy atom. The first-order chi connectivity index (χ1) is 14.6. The molecule has 3 aromatic rings. The SMILES string of the molecule is O=C(O)c1ccc(NC(=O)C2(c3ccc(C(F)(F)F)cc3F)CC2)cc1-c1nnn[nH]1. The van der Waals surface area contributed by atoms with Crippen molar-refractivity contribution in [2.45, 2.75) is 24.4 Å². The van der Waals surface area contributed by atoms with Crippen molar-refractivity contribution in [3.05, 3.63) is 58.9 Å². The summed E-state index contributed by atoms with van der Waals surface area (Å²) in [5.74, 6) is -2.91. The Morgan fingerprint density at radius 1 is 1.13 bits per heavy atom. The van der Waals surface area contributed by atoms with Gasteiger partial charge >= 0.3 is 12.1 Å². The maximum Gasteiger partial charge on any atom is 0.416 e. The van der Waals surface area contributed by atoms with Crippen LogP contribution in [0.4, 0.5) is 23.2 Å². The number of aromatic carboxylic acids is 1. The van der Waals surface area contributed by atoms with Gasteiger partial charge in [0, 0.05) is 16.8 Å². The number of carbonyl (C=O) groups excluding carboxylic acids is 1. The lowest BCUT2D eigenvalue weighted by atomic mass is 9.93. The van der Waals surface area contributed by atoms with Crippen LogP contribution in [0.5, 0.6) is 0 Å². The van der Waals surface area contributed by atoms with Gasteiger partial charge < -0.3 is 10.4 Å². The number of halogens is 4. The van der Waals surface area contributed by atoms with Gasteiger partial charge in [-0.05, 0) is 53.6 Å². The fourth-order valence-corrected chi connectivity index (χ4v) is 3.35. The molecule has 160 valence electrons. The lowest BCUT2D eigenvalue weighted by Crippen LogP contribution is -2.29. The number of alkyl halides is 3. The number of anilines is 1. The smallest absolute Gasteiger partial charge is 0.416 e. The normalized spacial score (nSPS) is 14.8. The first kappa shape index (κ1) is 20.4. The molecule has 1 saturated carbocycles. The van der Waals surface area contributed by atoms with E-state index in [9.17, 15) is 32.3 Å². The Hall–Kier alpha value is -3.83. The molecule has 1 aliphatic carbocycles. The van der Waals surface area contributed by atoms with Crippen molar-refractivity contribution in [2.24, 2.45) is 0 Å². The largest absolute Gasteiger partial charge is 0.478 e. The van der Waals surface area contributed by atoms with E-state index in [1.54, 1.807) is 0 Å². The van der Waals surface area contributed by atoms with Crippen LogP contribution in [0.25, 0.3) is 11.4 Å². The Labute approximate surface area is 171 Å². The second kappa shape index (κ2) is 7.15. The third-order valence-electron chi connectivity index (χ3n) is 5.10. The Kier molecular flexibility index (Phi) is 4.71. The Morgan fingerprint density at radius 2 is 1.87 bits per heavy atom. The molecule has 1 aromatic heterocycles. The van der Waals surface area contributed by atoms with E-state index in [1.165, 1.54) is 18.2 Å². The summed E-state index contributed by atoms with van der Waals surface area (Å²) in [6, 6.07) is 6.01. The van der Waals surface area contributed by atoms with Crippen LogP contribution in [0.1, 0.15) is 34.3 Å². The number of H-pyrrole nitrogens is 1. The zero-order valence-electron chi connectivity index (χ0n) is 15.5. The van der Waals surface area contributed by atoms with Crippen LogP contribution >= 0.6 is 0 Å². The zero-order chi connectivity index (χ0) is 22.4. The van der Waals surface area contributed by atoms with Gasteiger partial charge in [-0.1, -0.05) is 6.07 Å². The minimum atomic E-state index is -4.70. The van der Waals surface area contributed by atoms with Crippen molar-refractivity contribution in [2.75, 3.05) is 5.32 Å². The lowest BCUT2D eigenvalue weighted by Gasteiger charge is -2.18. The van der Waals surface area contributed by atoms with Crippen molar-refractivity contribution in [1.29, 1.82) is 0 Å². The average molecular weight is 435 g/mol. The van der Waals surface area contributed by atoms with Gasteiger partial charge in [-0.3, -0.25) is 4.79 Å². The summed E-state index contributed by atoms with van der Waals surface area (Å²) in [6.45, 7) is 0. The molecule has 4 rings (SSSR count). The molecule has 0 unspecified atom stereocenters. The molecule has 1 aliphatic rings. The third-order valence-corrected chi connectivity index (χ3v) is 5.10. The molecule has 0 spiro atoms. The van der Waals surface area contributed by atoms with Gasteiger partial charge in [0.2, 0.25) is 5.91 Å². The molecule has 31 heavy (non-hydrogen) atoms. The number of hydrogen-bond acceptors (Lipinski definition) is 5. The number of rotatable bonds is 5. The van der Waals surface area contributed by atoms with E-state index in [0.29, 0.717) is 6.07 Å². The number of aromatic amines is 1. The number of carboxylic acid groups (broad SMARTS) is 1. The number of aromatic nitrogens is 4. The van der Waals surface area contributed by atoms with Crippen molar-refractivity contribution in [3.63, 3.8) is 0 Å². The van der Waals surface area contributed by atoms with Gasteiger partial charge in [0.15, 0.2) is 5.82 Å². The summed E-state index contributed by atoms with van der Waals surface area (Å²) in [4.78, 5) is 24.3. The summed E-state index contributed by atoms with van der Waals surface area (Å²) >= 11 is 0. The molecule has 2 aromatic carbocycles. The van der Waals surface area contributed by atoms with Gasteiger partial charge in [0.1, 0.15) is 5.82 Å². The molecule has 8 nitrogen and oxygen atoms in total. The van der Waals surface area contributed by atoms with E-state index < -0.39 is 34.8 Å². The maximum absolute atomic E-state index is 14.4. The lowest BCUT2D eigenvalue weighted by molar-refractivity contribution is -0.137. The molecule has 0 atom stereocenters. The number of benzene rings is 2. The van der Waals surface area contributed by atoms with Crippen molar-refractivity contribution in [3.8, 4) is 11.4 Å². The molecule has 0 aliphatic heterocycles. The van der Waals surface area contributed by atoms with Crippen LogP contribution < -0.4 is 5.32 Å². The van der Waals surface area contributed by atoms with Crippen LogP contribution in [0.3, 0.4) is 0 Å². The first-order valence-corrected chi connectivity index (χ1v) is 8.92. The highest BCUT2D eigenvalue weighted by atomic mass is 19.4. The van der Waals surface area contributed by atoms with E-state index in [2.05, 4.69) is 25.9 Å². The average Bonchev–Trinajstić information content (AvgIpc) is 3.32. The highest BCUT2D eigenvalue weighted by Crippen LogP contribution is 2.50. The molecule has 3 N–H and O–H groups in total. The number of nitrogens with zero attached hydrogens (tertiary/aromatic N) is 3. The standard InChI is InChI=1S/C19H13F4N5O3/c20-14-7-9(19(21,22)23)1-4-13(14)18(5-6-18)17(31)24-10-2-3-11(16(29)30)12(8-10)15-25-27-28-26-15/h1-4,7-8H,5-6H2,(H,24,31)(H,29,30)(H,25,26,27,28). The molecule has 0 radical (unpaired) electrons. The van der Waals surface area contributed by atoms with Gasteiger partial charge in [0.25, 0.3) is 0 Å². The fraction of sp³-hybridized carbons (Fsp3) is 0.211. The zero-order valence-corrected chi connectivity index (χ0v) is 15.5. The number of hydrogen-bond donors (Lipinski definition) is 3. The third kappa shape index (κ3) is 3.71. The molecule has 0 saturated heterocycles. The van der Waals surface area contributed by atoms with Crippen LogP contribution in [0.2, 0.25) is 0 Å². The summed E-state index contributed by atoms with van der Waals surface area (Å²) < 4.78 is 52.8. The highest BCUT2D eigenvalue weighted by Gasteiger charge is 2.53. The quantitative estimate of drug-likeness (QED) is 0.529. The molecular formula is C19H13F4N5O3. The molecule has 12 heteroatoms. The summed E-state index contributed by atoms with van der Waals surface area (Å²) in [7, 11) is 0. The van der Waals surface area contributed by atoms with Crippen LogP contribution in [-0.2, 0) is 16.4 Å². The number of carbonyl (C=O) groups is 2. The summed E-state index contributed by atoms with van der Waals surface area (Å²) in [6.07, 6.45) is -4.18. The van der Waals surface area contributed by atoms with Gasteiger partial charge in [-0.15, -0.1) is 5.10 Å². The number of amides is 1. The van der Waals surface area contributed by atoms with Crippen LogP contribution in [0, 0.1) is 5.82 Å². The van der Waals surface area contributed by atoms with Crippen molar-refractivity contribution < 1.29 is 32.3 Å². The van der Waals surface area contributed by atoms with E-state index in [-0.39, 0.29) is 41.0 Å². The van der Waals surface area contributed by atoms with E-state index in [4.69, 9.17) is 0 Å².